The van der Waals surface area contributed by atoms with Crippen molar-refractivity contribution in [1.29, 1.82) is 0 Å². The Morgan fingerprint density at radius 3 is 2.42 bits per heavy atom. The zero-order valence-corrected chi connectivity index (χ0v) is 20.1. The van der Waals surface area contributed by atoms with Crippen LogP contribution in [0.3, 0.4) is 0 Å². The highest BCUT2D eigenvalue weighted by atomic mass is 35.5. The van der Waals surface area contributed by atoms with E-state index >= 15 is 0 Å². The van der Waals surface area contributed by atoms with E-state index in [1.54, 1.807) is 7.11 Å². The Balaban J connectivity index is 0.00000259. The van der Waals surface area contributed by atoms with E-state index < -0.39 is 0 Å². The smallest absolute Gasteiger partial charge is 0.138 e. The molecule has 0 saturated heterocycles. The molecular formula is C27H30ClNO4. The third-order valence-electron chi connectivity index (χ3n) is 6.38. The Morgan fingerprint density at radius 1 is 0.939 bits per heavy atom. The molecule has 5 nitrogen and oxygen atoms in total. The number of anilines is 1. The summed E-state index contributed by atoms with van der Waals surface area (Å²) in [5.74, 6) is 3.48. The molecule has 6 heteroatoms. The number of hydrogen-bond donors (Lipinski definition) is 0. The molecule has 2 atom stereocenters. The normalized spacial score (nSPS) is 17.4. The van der Waals surface area contributed by atoms with Crippen molar-refractivity contribution in [3.05, 3.63) is 77.4 Å². The largest absolute Gasteiger partial charge is 0.497 e. The first-order valence-corrected chi connectivity index (χ1v) is 11.3. The van der Waals surface area contributed by atoms with Gasteiger partial charge in [0.1, 0.15) is 35.7 Å². The fourth-order valence-corrected chi connectivity index (χ4v) is 4.71. The lowest BCUT2D eigenvalue weighted by Gasteiger charge is -2.30. The van der Waals surface area contributed by atoms with E-state index in [1.807, 2.05) is 36.4 Å². The SMILES string of the molecule is CCN(CC)c1cc(OCc2ccccc2)cc2c1[C@H]1COc3cc(OC)ccc3[C@H]1O2.Cl. The monoisotopic (exact) mass is 467 g/mol. The lowest BCUT2D eigenvalue weighted by molar-refractivity contribution is 0.139. The molecule has 0 radical (unpaired) electrons. The second kappa shape index (κ2) is 9.84. The van der Waals surface area contributed by atoms with Gasteiger partial charge in [-0.25, -0.2) is 0 Å². The predicted octanol–water partition coefficient (Wildman–Crippen LogP) is 6.15. The zero-order valence-electron chi connectivity index (χ0n) is 19.2. The van der Waals surface area contributed by atoms with E-state index in [-0.39, 0.29) is 24.4 Å². The van der Waals surface area contributed by atoms with Crippen molar-refractivity contribution >= 4 is 18.1 Å². The van der Waals surface area contributed by atoms with Crippen LogP contribution in [0.2, 0.25) is 0 Å². The van der Waals surface area contributed by atoms with Gasteiger partial charge in [0, 0.05) is 48.1 Å². The Morgan fingerprint density at radius 2 is 1.70 bits per heavy atom. The van der Waals surface area contributed by atoms with Gasteiger partial charge < -0.3 is 23.8 Å². The maximum atomic E-state index is 6.56. The summed E-state index contributed by atoms with van der Waals surface area (Å²) in [6.45, 7) is 7.29. The van der Waals surface area contributed by atoms with Crippen molar-refractivity contribution in [2.75, 3.05) is 31.7 Å². The van der Waals surface area contributed by atoms with Crippen LogP contribution < -0.4 is 23.8 Å². The minimum atomic E-state index is -0.0710. The summed E-state index contributed by atoms with van der Waals surface area (Å²) in [5, 5.41) is 0. The number of ether oxygens (including phenoxy) is 4. The van der Waals surface area contributed by atoms with Gasteiger partial charge in [0.05, 0.1) is 19.6 Å². The van der Waals surface area contributed by atoms with Gasteiger partial charge in [0.15, 0.2) is 0 Å². The van der Waals surface area contributed by atoms with Crippen LogP contribution >= 0.6 is 12.4 Å². The van der Waals surface area contributed by atoms with E-state index in [0.717, 1.165) is 47.2 Å². The first-order chi connectivity index (χ1) is 15.7. The molecule has 0 unspecified atom stereocenters. The Kier molecular flexibility index (Phi) is 6.89. The molecule has 174 valence electrons. The highest BCUT2D eigenvalue weighted by Crippen LogP contribution is 2.55. The van der Waals surface area contributed by atoms with E-state index in [9.17, 15) is 0 Å². The number of halogens is 1. The molecule has 0 aliphatic carbocycles. The van der Waals surface area contributed by atoms with Gasteiger partial charge >= 0.3 is 0 Å². The van der Waals surface area contributed by atoms with Crippen LogP contribution in [-0.4, -0.2) is 26.8 Å². The molecule has 2 aliphatic heterocycles. The van der Waals surface area contributed by atoms with Gasteiger partial charge in [-0.3, -0.25) is 0 Å². The maximum absolute atomic E-state index is 6.56. The van der Waals surface area contributed by atoms with E-state index in [2.05, 4.69) is 43.0 Å². The molecule has 2 heterocycles. The summed E-state index contributed by atoms with van der Waals surface area (Å²) in [5.41, 5.74) is 4.59. The standard InChI is InChI=1S/C27H29NO4.ClH/c1-4-28(5-2)23-13-20(30-16-18-9-7-6-8-10-18)15-25-26(23)22-17-31-24-14-19(29-3)11-12-21(24)27(22)32-25;/h6-15,22,27H,4-5,16-17H2,1-3H3;1H/t22-,27-;/m1./s1. The van der Waals surface area contributed by atoms with Gasteiger partial charge in [0.2, 0.25) is 0 Å². The fraction of sp³-hybridized carbons (Fsp3) is 0.333. The number of fused-ring (bicyclic) bond motifs is 5. The molecule has 5 rings (SSSR count). The lowest BCUT2D eigenvalue weighted by Crippen LogP contribution is -2.26. The lowest BCUT2D eigenvalue weighted by atomic mass is 9.88. The molecule has 0 amide bonds. The highest BCUT2D eigenvalue weighted by molar-refractivity contribution is 5.85. The summed E-state index contributed by atoms with van der Waals surface area (Å²) in [6.07, 6.45) is -0.0710. The second-order valence-corrected chi connectivity index (χ2v) is 8.16. The van der Waals surface area contributed by atoms with Gasteiger partial charge in [-0.15, -0.1) is 12.4 Å². The molecule has 0 bridgehead atoms. The molecule has 0 N–H and O–H groups in total. The van der Waals surface area contributed by atoms with Crippen LogP contribution in [-0.2, 0) is 6.61 Å². The van der Waals surface area contributed by atoms with Gasteiger partial charge in [-0.2, -0.15) is 0 Å². The molecule has 2 aliphatic rings. The first kappa shape index (κ1) is 23.1. The molecule has 0 fully saturated rings. The number of rotatable bonds is 7. The summed E-state index contributed by atoms with van der Waals surface area (Å²) in [4.78, 5) is 2.36. The Bertz CT molecular complexity index is 1100. The summed E-state index contributed by atoms with van der Waals surface area (Å²) < 4.78 is 24.3. The third-order valence-corrected chi connectivity index (χ3v) is 6.38. The minimum absolute atomic E-state index is 0. The van der Waals surface area contributed by atoms with Gasteiger partial charge in [0.25, 0.3) is 0 Å². The van der Waals surface area contributed by atoms with Crippen molar-refractivity contribution in [1.82, 2.24) is 0 Å². The van der Waals surface area contributed by atoms with Crippen molar-refractivity contribution in [3.8, 4) is 23.0 Å². The quantitative estimate of drug-likeness (QED) is 0.416. The zero-order chi connectivity index (χ0) is 22.1. The fourth-order valence-electron chi connectivity index (χ4n) is 4.71. The molecule has 0 saturated carbocycles. The number of benzene rings is 3. The third kappa shape index (κ3) is 4.30. The predicted molar refractivity (Wildman–Crippen MR) is 133 cm³/mol. The topological polar surface area (TPSA) is 40.2 Å². The average molecular weight is 468 g/mol. The van der Waals surface area contributed by atoms with Crippen LogP contribution in [0.5, 0.6) is 23.0 Å². The van der Waals surface area contributed by atoms with Gasteiger partial charge in [-0.05, 0) is 31.5 Å². The van der Waals surface area contributed by atoms with Crippen LogP contribution in [0, 0.1) is 0 Å². The highest BCUT2D eigenvalue weighted by Gasteiger charge is 2.43. The van der Waals surface area contributed by atoms with Crippen LogP contribution in [0.25, 0.3) is 0 Å². The van der Waals surface area contributed by atoms with Crippen molar-refractivity contribution in [2.24, 2.45) is 0 Å². The molecule has 0 aromatic heterocycles. The van der Waals surface area contributed by atoms with Crippen molar-refractivity contribution < 1.29 is 18.9 Å². The number of nitrogens with zero attached hydrogens (tertiary/aromatic N) is 1. The number of hydrogen-bond acceptors (Lipinski definition) is 5. The minimum Gasteiger partial charge on any atom is -0.497 e. The second-order valence-electron chi connectivity index (χ2n) is 8.16. The summed E-state index contributed by atoms with van der Waals surface area (Å²) >= 11 is 0. The molecule has 3 aromatic carbocycles. The number of methoxy groups -OCH3 is 1. The molecular weight excluding hydrogens is 438 g/mol. The van der Waals surface area contributed by atoms with E-state index in [0.29, 0.717) is 13.2 Å². The van der Waals surface area contributed by atoms with Gasteiger partial charge in [-0.1, -0.05) is 30.3 Å². The molecule has 33 heavy (non-hydrogen) atoms. The maximum Gasteiger partial charge on any atom is 0.138 e. The van der Waals surface area contributed by atoms with Crippen molar-refractivity contribution in [3.63, 3.8) is 0 Å². The van der Waals surface area contributed by atoms with E-state index in [4.69, 9.17) is 18.9 Å². The Hall–Kier alpha value is -3.05. The van der Waals surface area contributed by atoms with Crippen LogP contribution in [0.1, 0.15) is 42.6 Å². The summed E-state index contributed by atoms with van der Waals surface area (Å²) in [7, 11) is 1.67. The van der Waals surface area contributed by atoms with Crippen molar-refractivity contribution in [2.45, 2.75) is 32.5 Å². The summed E-state index contributed by atoms with van der Waals surface area (Å²) in [6, 6.07) is 20.4. The molecule has 3 aromatic rings. The van der Waals surface area contributed by atoms with E-state index in [1.165, 1.54) is 11.3 Å². The van der Waals surface area contributed by atoms with Crippen LogP contribution in [0.4, 0.5) is 5.69 Å². The average Bonchev–Trinajstić information content (AvgIpc) is 3.22. The van der Waals surface area contributed by atoms with Crippen LogP contribution in [0.15, 0.2) is 60.7 Å². The molecule has 0 spiro atoms. The Labute approximate surface area is 201 Å². The first-order valence-electron chi connectivity index (χ1n) is 11.3.